The Morgan fingerprint density at radius 2 is 1.89 bits per heavy atom. The number of nitrogens with zero attached hydrogens (tertiary/aromatic N) is 2. The molecule has 0 saturated heterocycles. The van der Waals surface area contributed by atoms with Crippen molar-refractivity contribution in [1.29, 1.82) is 0 Å². The fraction of sp³-hybridized carbons (Fsp3) is 0.0909. The van der Waals surface area contributed by atoms with Crippen molar-refractivity contribution in [1.82, 2.24) is 4.57 Å². The minimum atomic E-state index is -0.524. The third kappa shape index (κ3) is 1.98. The number of hydrogen-bond donors (Lipinski definition) is 2. The Balaban J connectivity index is 2.49. The lowest BCUT2D eigenvalue weighted by molar-refractivity contribution is -0.384. The van der Waals surface area contributed by atoms with E-state index in [9.17, 15) is 20.3 Å². The lowest BCUT2D eigenvalue weighted by atomic mass is 10.3. The van der Waals surface area contributed by atoms with Gasteiger partial charge in [0.05, 0.1) is 16.5 Å². The Morgan fingerprint density at radius 1 is 1.28 bits per heavy atom. The number of aromatic nitrogens is 1. The predicted octanol–water partition coefficient (Wildman–Crippen LogP) is 2.54. The first kappa shape index (κ1) is 12.3. The van der Waals surface area contributed by atoms with E-state index in [0.717, 1.165) is 4.57 Å². The van der Waals surface area contributed by atoms with Crippen LogP contribution in [-0.2, 0) is 5.88 Å². The largest absolute Gasteiger partial charge is 0.494 e. The number of hydrogen-bond acceptors (Lipinski definition) is 4. The first-order valence-corrected chi connectivity index (χ1v) is 5.51. The number of nitro benzene ring substituents is 1. The van der Waals surface area contributed by atoms with Crippen LogP contribution in [-0.4, -0.2) is 19.7 Å². The summed E-state index contributed by atoms with van der Waals surface area (Å²) in [4.78, 5) is 9.99. The number of non-ortho nitro benzene ring substituents is 1. The van der Waals surface area contributed by atoms with E-state index in [2.05, 4.69) is 0 Å². The van der Waals surface area contributed by atoms with Crippen LogP contribution in [0.1, 0.15) is 5.56 Å². The Kier molecular flexibility index (Phi) is 3.12. The van der Waals surface area contributed by atoms with Crippen LogP contribution in [0.2, 0.25) is 0 Å². The average Bonchev–Trinajstić information content (AvgIpc) is 2.64. The second kappa shape index (κ2) is 4.58. The first-order valence-electron chi connectivity index (χ1n) is 4.98. The van der Waals surface area contributed by atoms with Crippen molar-refractivity contribution in [2.75, 3.05) is 0 Å². The van der Waals surface area contributed by atoms with Crippen molar-refractivity contribution >= 4 is 17.3 Å². The molecule has 0 atom stereocenters. The number of benzene rings is 1. The second-order valence-electron chi connectivity index (χ2n) is 3.59. The van der Waals surface area contributed by atoms with Gasteiger partial charge in [0.2, 0.25) is 5.88 Å². The molecule has 0 aliphatic rings. The van der Waals surface area contributed by atoms with Crippen LogP contribution in [0.4, 0.5) is 5.69 Å². The summed E-state index contributed by atoms with van der Waals surface area (Å²) in [5, 5.41) is 30.0. The number of rotatable bonds is 3. The molecule has 1 aromatic heterocycles. The molecule has 7 heteroatoms. The summed E-state index contributed by atoms with van der Waals surface area (Å²) in [6.45, 7) is 0. The molecule has 0 amide bonds. The quantitative estimate of drug-likeness (QED) is 0.509. The van der Waals surface area contributed by atoms with Gasteiger partial charge < -0.3 is 10.2 Å². The molecule has 0 saturated carbocycles. The fourth-order valence-corrected chi connectivity index (χ4v) is 1.81. The van der Waals surface area contributed by atoms with Crippen molar-refractivity contribution in [2.45, 2.75) is 5.88 Å². The second-order valence-corrected chi connectivity index (χ2v) is 3.86. The van der Waals surface area contributed by atoms with Gasteiger partial charge in [-0.15, -0.1) is 11.6 Å². The fourth-order valence-electron chi connectivity index (χ4n) is 1.61. The lowest BCUT2D eigenvalue weighted by Crippen LogP contribution is -1.94. The third-order valence-electron chi connectivity index (χ3n) is 2.49. The van der Waals surface area contributed by atoms with Crippen molar-refractivity contribution in [3.8, 4) is 17.4 Å². The molecule has 1 heterocycles. The first-order chi connectivity index (χ1) is 8.54. The summed E-state index contributed by atoms with van der Waals surface area (Å²) in [5.74, 6) is -0.312. The van der Waals surface area contributed by atoms with E-state index in [4.69, 9.17) is 11.6 Å². The number of aromatic hydroxyl groups is 2. The SMILES string of the molecule is O=[N+]([O-])c1ccc(-n2c(O)cc(CCl)c2O)cc1. The van der Waals surface area contributed by atoms with Crippen LogP contribution in [0.25, 0.3) is 5.69 Å². The summed E-state index contributed by atoms with van der Waals surface area (Å²) in [6.07, 6.45) is 0. The smallest absolute Gasteiger partial charge is 0.269 e. The highest BCUT2D eigenvalue weighted by Crippen LogP contribution is 2.32. The summed E-state index contributed by atoms with van der Waals surface area (Å²) in [6, 6.07) is 6.76. The van der Waals surface area contributed by atoms with Gasteiger partial charge in [-0.1, -0.05) is 0 Å². The van der Waals surface area contributed by atoms with E-state index in [-0.39, 0.29) is 23.3 Å². The van der Waals surface area contributed by atoms with E-state index in [0.29, 0.717) is 11.3 Å². The van der Waals surface area contributed by atoms with Gasteiger partial charge in [-0.2, -0.15) is 0 Å². The van der Waals surface area contributed by atoms with Crippen LogP contribution in [0.15, 0.2) is 30.3 Å². The Bertz CT molecular complexity index is 592. The lowest BCUT2D eigenvalue weighted by Gasteiger charge is -2.06. The molecule has 0 bridgehead atoms. The highest BCUT2D eigenvalue weighted by atomic mass is 35.5. The summed E-state index contributed by atoms with van der Waals surface area (Å²) >= 11 is 5.60. The molecule has 0 aliphatic carbocycles. The van der Waals surface area contributed by atoms with Crippen molar-refractivity contribution in [3.63, 3.8) is 0 Å². The van der Waals surface area contributed by atoms with Crippen LogP contribution in [0, 0.1) is 10.1 Å². The van der Waals surface area contributed by atoms with Crippen LogP contribution in [0.3, 0.4) is 0 Å². The van der Waals surface area contributed by atoms with E-state index in [1.807, 2.05) is 0 Å². The molecular weight excluding hydrogens is 260 g/mol. The van der Waals surface area contributed by atoms with Gasteiger partial charge in [0.15, 0.2) is 5.88 Å². The zero-order valence-electron chi connectivity index (χ0n) is 9.08. The number of nitro groups is 1. The topological polar surface area (TPSA) is 88.5 Å². The molecule has 2 aromatic rings. The summed E-state index contributed by atoms with van der Waals surface area (Å²) in [5.41, 5.74) is 0.724. The Hall–Kier alpha value is -2.21. The molecule has 1 aromatic carbocycles. The highest BCUT2D eigenvalue weighted by molar-refractivity contribution is 6.17. The standard InChI is InChI=1S/C11H9ClN2O4/c12-6-7-5-10(15)13(11(7)16)8-1-3-9(4-2-8)14(17)18/h1-5,15-16H,6H2. The van der Waals surface area contributed by atoms with Crippen molar-refractivity contribution in [2.24, 2.45) is 0 Å². The van der Waals surface area contributed by atoms with E-state index in [1.54, 1.807) is 0 Å². The molecule has 0 spiro atoms. The molecule has 0 fully saturated rings. The maximum Gasteiger partial charge on any atom is 0.269 e. The molecule has 0 radical (unpaired) electrons. The van der Waals surface area contributed by atoms with Gasteiger partial charge in [0.25, 0.3) is 5.69 Å². The van der Waals surface area contributed by atoms with Gasteiger partial charge >= 0.3 is 0 Å². The van der Waals surface area contributed by atoms with E-state index in [1.165, 1.54) is 30.3 Å². The average molecular weight is 269 g/mol. The zero-order chi connectivity index (χ0) is 13.3. The normalized spacial score (nSPS) is 10.5. The van der Waals surface area contributed by atoms with Crippen LogP contribution >= 0.6 is 11.6 Å². The van der Waals surface area contributed by atoms with Crippen LogP contribution in [0.5, 0.6) is 11.8 Å². The monoisotopic (exact) mass is 268 g/mol. The minimum absolute atomic E-state index is 0.0549. The van der Waals surface area contributed by atoms with E-state index < -0.39 is 4.92 Å². The predicted molar refractivity (Wildman–Crippen MR) is 65.3 cm³/mol. The summed E-state index contributed by atoms with van der Waals surface area (Å²) < 4.78 is 1.15. The minimum Gasteiger partial charge on any atom is -0.494 e. The Labute approximate surface area is 107 Å². The van der Waals surface area contributed by atoms with Crippen molar-refractivity contribution in [3.05, 3.63) is 46.0 Å². The van der Waals surface area contributed by atoms with Gasteiger partial charge in [-0.05, 0) is 12.1 Å². The molecule has 6 nitrogen and oxygen atoms in total. The zero-order valence-corrected chi connectivity index (χ0v) is 9.83. The molecular formula is C11H9ClN2O4. The Morgan fingerprint density at radius 3 is 2.33 bits per heavy atom. The molecule has 94 valence electrons. The molecule has 2 rings (SSSR count). The van der Waals surface area contributed by atoms with Gasteiger partial charge in [0.1, 0.15) is 0 Å². The van der Waals surface area contributed by atoms with Gasteiger partial charge in [0, 0.05) is 23.8 Å². The van der Waals surface area contributed by atoms with Gasteiger partial charge in [-0.25, -0.2) is 0 Å². The molecule has 18 heavy (non-hydrogen) atoms. The third-order valence-corrected chi connectivity index (χ3v) is 2.78. The molecule has 0 aliphatic heterocycles. The van der Waals surface area contributed by atoms with Crippen molar-refractivity contribution < 1.29 is 15.1 Å². The van der Waals surface area contributed by atoms with Gasteiger partial charge in [-0.3, -0.25) is 14.7 Å². The van der Waals surface area contributed by atoms with Crippen LogP contribution < -0.4 is 0 Å². The number of alkyl halides is 1. The molecule has 0 unspecified atom stereocenters. The highest BCUT2D eigenvalue weighted by Gasteiger charge is 2.15. The summed E-state index contributed by atoms with van der Waals surface area (Å²) in [7, 11) is 0. The number of halogens is 1. The van der Waals surface area contributed by atoms with E-state index >= 15 is 0 Å². The maximum absolute atomic E-state index is 10.5. The molecule has 2 N–H and O–H groups in total. The maximum atomic E-state index is 10.5.